The van der Waals surface area contributed by atoms with Gasteiger partial charge in [0, 0.05) is 7.05 Å². The first-order chi connectivity index (χ1) is 6.22. The Bertz CT molecular complexity index is 351. The van der Waals surface area contributed by atoms with E-state index in [1.54, 1.807) is 13.3 Å². The minimum absolute atomic E-state index is 0.0136. The van der Waals surface area contributed by atoms with E-state index in [2.05, 4.69) is 20.1 Å². The molecule has 0 unspecified atom stereocenters. The van der Waals surface area contributed by atoms with Crippen molar-refractivity contribution in [1.29, 1.82) is 0 Å². The maximum absolute atomic E-state index is 11.3. The van der Waals surface area contributed by atoms with Gasteiger partial charge < -0.3 is 10.2 Å². The van der Waals surface area contributed by atoms with Crippen LogP contribution in [0.1, 0.15) is 0 Å². The number of aromatic amines is 1. The van der Waals surface area contributed by atoms with Crippen LogP contribution in [0.15, 0.2) is 9.95 Å². The summed E-state index contributed by atoms with van der Waals surface area (Å²) in [5.41, 5.74) is -0.397. The molecule has 0 atom stereocenters. The third-order valence-electron chi connectivity index (χ3n) is 1.40. The van der Waals surface area contributed by atoms with Gasteiger partial charge in [0.15, 0.2) is 11.0 Å². The lowest BCUT2D eigenvalue weighted by Crippen LogP contribution is -2.19. The lowest BCUT2D eigenvalue weighted by molar-refractivity contribution is 0.328. The number of anilines is 1. The first kappa shape index (κ1) is 9.87. The number of nitrogens with two attached hydrogens (primary N) is 1. The van der Waals surface area contributed by atoms with E-state index in [0.29, 0.717) is 11.0 Å². The molecule has 0 saturated carbocycles. The molecule has 1 aromatic rings. The topological polar surface area (TPSA) is 93.0 Å². The van der Waals surface area contributed by atoms with Crippen LogP contribution in [0, 0.1) is 0 Å². The monoisotopic (exact) mass is 202 g/mol. The van der Waals surface area contributed by atoms with Gasteiger partial charge in [-0.2, -0.15) is 5.90 Å². The third kappa shape index (κ3) is 1.93. The van der Waals surface area contributed by atoms with Gasteiger partial charge in [-0.05, 0) is 6.26 Å². The summed E-state index contributed by atoms with van der Waals surface area (Å²) in [6.45, 7) is 0. The van der Waals surface area contributed by atoms with E-state index in [-0.39, 0.29) is 5.75 Å². The van der Waals surface area contributed by atoms with E-state index >= 15 is 0 Å². The minimum Gasteiger partial charge on any atom is -0.402 e. The highest BCUT2D eigenvalue weighted by Gasteiger charge is 2.10. The Morgan fingerprint density at radius 2 is 2.38 bits per heavy atom. The largest absolute Gasteiger partial charge is 0.402 e. The molecule has 13 heavy (non-hydrogen) atoms. The average molecular weight is 202 g/mol. The molecule has 4 N–H and O–H groups in total. The maximum Gasteiger partial charge on any atom is 0.298 e. The highest BCUT2D eigenvalue weighted by atomic mass is 32.2. The Kier molecular flexibility index (Phi) is 3.15. The van der Waals surface area contributed by atoms with Gasteiger partial charge in [-0.25, -0.2) is 4.98 Å². The van der Waals surface area contributed by atoms with Gasteiger partial charge in [-0.1, -0.05) is 11.8 Å². The minimum atomic E-state index is -0.397. The standard InChI is InChI=1S/C6H10N4O2S/c1-8-4-3(12-7)5(11)10-6(9-4)13-2/h7H2,1-2H3,(H2,8,9,10,11). The number of hydrogen-bond donors (Lipinski definition) is 3. The van der Waals surface area contributed by atoms with E-state index in [0.717, 1.165) is 0 Å². The third-order valence-corrected chi connectivity index (χ3v) is 1.98. The molecular formula is C6H10N4O2S. The van der Waals surface area contributed by atoms with E-state index < -0.39 is 5.56 Å². The van der Waals surface area contributed by atoms with Crippen molar-refractivity contribution in [3.63, 3.8) is 0 Å². The van der Waals surface area contributed by atoms with Gasteiger partial charge in [0.2, 0.25) is 0 Å². The lowest BCUT2D eigenvalue weighted by atomic mass is 10.5. The number of thioether (sulfide) groups is 1. The summed E-state index contributed by atoms with van der Waals surface area (Å²) in [6.07, 6.45) is 1.81. The molecule has 72 valence electrons. The Hall–Kier alpha value is -1.21. The van der Waals surface area contributed by atoms with Crippen molar-refractivity contribution < 1.29 is 4.84 Å². The molecule has 0 fully saturated rings. The average Bonchev–Trinajstić information content (AvgIpc) is 2.16. The van der Waals surface area contributed by atoms with Crippen LogP contribution in [0.2, 0.25) is 0 Å². The zero-order valence-corrected chi connectivity index (χ0v) is 8.07. The van der Waals surface area contributed by atoms with Gasteiger partial charge in [-0.15, -0.1) is 0 Å². The van der Waals surface area contributed by atoms with Crippen LogP contribution in [0.25, 0.3) is 0 Å². The molecule has 6 nitrogen and oxygen atoms in total. The molecular weight excluding hydrogens is 192 g/mol. The zero-order chi connectivity index (χ0) is 9.84. The summed E-state index contributed by atoms with van der Waals surface area (Å²) in [5.74, 6) is 5.23. The van der Waals surface area contributed by atoms with Gasteiger partial charge >= 0.3 is 0 Å². The van der Waals surface area contributed by atoms with Crippen molar-refractivity contribution in [2.24, 2.45) is 5.90 Å². The van der Waals surface area contributed by atoms with Gasteiger partial charge in [-0.3, -0.25) is 9.78 Å². The highest BCUT2D eigenvalue weighted by Crippen LogP contribution is 2.17. The predicted molar refractivity (Wildman–Crippen MR) is 51.0 cm³/mol. The van der Waals surface area contributed by atoms with Crippen LogP contribution in [0.5, 0.6) is 5.75 Å². The number of nitrogens with one attached hydrogen (secondary N) is 2. The molecule has 0 amide bonds. The number of aromatic nitrogens is 2. The van der Waals surface area contributed by atoms with Crippen molar-refractivity contribution in [2.75, 3.05) is 18.6 Å². The van der Waals surface area contributed by atoms with Crippen LogP contribution in [-0.2, 0) is 0 Å². The molecule has 1 aromatic heterocycles. The summed E-state index contributed by atoms with van der Waals surface area (Å²) in [6, 6.07) is 0. The van der Waals surface area contributed by atoms with Crippen LogP contribution in [0.4, 0.5) is 5.82 Å². The van der Waals surface area contributed by atoms with Crippen molar-refractivity contribution >= 4 is 17.6 Å². The molecule has 1 heterocycles. The molecule has 0 aromatic carbocycles. The van der Waals surface area contributed by atoms with Crippen LogP contribution in [0.3, 0.4) is 0 Å². The van der Waals surface area contributed by atoms with Crippen LogP contribution < -0.4 is 21.6 Å². The molecule has 0 aliphatic heterocycles. The van der Waals surface area contributed by atoms with Crippen LogP contribution >= 0.6 is 11.8 Å². The Morgan fingerprint density at radius 3 is 2.85 bits per heavy atom. The van der Waals surface area contributed by atoms with E-state index in [1.807, 2.05) is 0 Å². The second-order valence-electron chi connectivity index (χ2n) is 2.12. The Balaban J connectivity index is 3.29. The van der Waals surface area contributed by atoms with Crippen molar-refractivity contribution in [3.8, 4) is 5.75 Å². The second-order valence-corrected chi connectivity index (χ2v) is 2.92. The first-order valence-electron chi connectivity index (χ1n) is 3.45. The van der Waals surface area contributed by atoms with Crippen molar-refractivity contribution in [2.45, 2.75) is 5.16 Å². The molecule has 0 bridgehead atoms. The van der Waals surface area contributed by atoms with Gasteiger partial charge in [0.1, 0.15) is 0 Å². The molecule has 0 radical (unpaired) electrons. The van der Waals surface area contributed by atoms with E-state index in [4.69, 9.17) is 5.90 Å². The highest BCUT2D eigenvalue weighted by molar-refractivity contribution is 7.98. The summed E-state index contributed by atoms with van der Waals surface area (Å²) >= 11 is 1.33. The fourth-order valence-corrected chi connectivity index (χ4v) is 1.19. The number of nitrogens with zero attached hydrogens (tertiary/aromatic N) is 1. The number of H-pyrrole nitrogens is 1. The molecule has 0 aliphatic carbocycles. The number of rotatable bonds is 3. The van der Waals surface area contributed by atoms with E-state index in [1.165, 1.54) is 11.8 Å². The normalized spacial score (nSPS) is 9.77. The Labute approximate surface area is 78.8 Å². The fraction of sp³-hybridized carbons (Fsp3) is 0.333. The van der Waals surface area contributed by atoms with Crippen molar-refractivity contribution in [3.05, 3.63) is 10.4 Å². The maximum atomic E-state index is 11.3. The SMILES string of the molecule is CNc1nc(SC)[nH]c(=O)c1ON. The summed E-state index contributed by atoms with van der Waals surface area (Å²) in [4.78, 5) is 22.2. The predicted octanol–water partition coefficient (Wildman–Crippen LogP) is -0.214. The van der Waals surface area contributed by atoms with E-state index in [9.17, 15) is 4.79 Å². The summed E-state index contributed by atoms with van der Waals surface area (Å²) in [7, 11) is 1.63. The summed E-state index contributed by atoms with van der Waals surface area (Å²) < 4.78 is 0. The fourth-order valence-electron chi connectivity index (χ4n) is 0.817. The Morgan fingerprint density at radius 1 is 1.69 bits per heavy atom. The zero-order valence-electron chi connectivity index (χ0n) is 7.25. The van der Waals surface area contributed by atoms with Crippen molar-refractivity contribution in [1.82, 2.24) is 9.97 Å². The smallest absolute Gasteiger partial charge is 0.298 e. The molecule has 7 heteroatoms. The van der Waals surface area contributed by atoms with Gasteiger partial charge in [0.25, 0.3) is 11.3 Å². The lowest BCUT2D eigenvalue weighted by Gasteiger charge is -2.05. The summed E-state index contributed by atoms with van der Waals surface area (Å²) in [5, 5.41) is 3.22. The molecule has 0 aliphatic rings. The number of hydrogen-bond acceptors (Lipinski definition) is 6. The molecule has 0 spiro atoms. The second kappa shape index (κ2) is 4.15. The molecule has 0 saturated heterocycles. The quantitative estimate of drug-likeness (QED) is 0.356. The van der Waals surface area contributed by atoms with Crippen LogP contribution in [-0.4, -0.2) is 23.3 Å². The molecule has 1 rings (SSSR count). The van der Waals surface area contributed by atoms with Gasteiger partial charge in [0.05, 0.1) is 0 Å². The first-order valence-corrected chi connectivity index (χ1v) is 4.68.